The molecule has 0 aliphatic heterocycles. The Morgan fingerprint density at radius 2 is 1.07 bits per heavy atom. The average molecular weight is 452 g/mol. The Morgan fingerprint density at radius 1 is 0.679 bits per heavy atom. The van der Waals surface area contributed by atoms with Crippen LogP contribution < -0.4 is 0 Å². The summed E-state index contributed by atoms with van der Waals surface area (Å²) in [5, 5.41) is 38.9. The van der Waals surface area contributed by atoms with Gasteiger partial charge in [-0.15, -0.1) is 0 Å². The Hall–Kier alpha value is -0.553. The number of rotatable bonds is 12. The van der Waals surface area contributed by atoms with Gasteiger partial charge < -0.3 is 33.7 Å². The molecular weight excluding hydrogens is 429 g/mol. The van der Waals surface area contributed by atoms with E-state index in [1.54, 1.807) is 0 Å². The summed E-state index contributed by atoms with van der Waals surface area (Å²) in [5.41, 5.74) is -4.51. The molecule has 4 N–H and O–H groups in total. The molecule has 15 heteroatoms. The van der Waals surface area contributed by atoms with E-state index in [0.717, 1.165) is 0 Å². The summed E-state index contributed by atoms with van der Waals surface area (Å²) in [6.45, 7) is 0. The van der Waals surface area contributed by atoms with Crippen molar-refractivity contribution in [3.05, 3.63) is 0 Å². The molecule has 0 aromatic rings. The maximum atomic E-state index is 14.2. The number of alkyl halides is 7. The van der Waals surface area contributed by atoms with E-state index < -0.39 is 70.1 Å². The Morgan fingerprint density at radius 3 is 1.43 bits per heavy atom. The van der Waals surface area contributed by atoms with Crippen molar-refractivity contribution in [1.29, 1.82) is 0 Å². The van der Waals surface area contributed by atoms with Crippen LogP contribution in [0, 0.1) is 0 Å². The van der Waals surface area contributed by atoms with E-state index in [9.17, 15) is 51.2 Å². The predicted octanol–water partition coefficient (Wildman–Crippen LogP) is 1.55. The Kier molecular flexibility index (Phi) is 8.89. The molecule has 0 rings (SSSR count). The summed E-state index contributed by atoms with van der Waals surface area (Å²) in [5.74, 6) is -16.4. The summed E-state index contributed by atoms with van der Waals surface area (Å²) < 4.78 is 106. The highest BCUT2D eigenvalue weighted by molar-refractivity contribution is 6.63. The van der Waals surface area contributed by atoms with Crippen molar-refractivity contribution in [3.8, 4) is 0 Å². The van der Waals surface area contributed by atoms with Crippen LogP contribution >= 0.6 is 0 Å². The molecule has 0 heterocycles. The Labute approximate surface area is 157 Å². The predicted molar refractivity (Wildman–Crippen MR) is 80.2 cm³/mol. The third-order valence-corrected chi connectivity index (χ3v) is 6.88. The molecule has 0 aliphatic rings. The lowest BCUT2D eigenvalue weighted by molar-refractivity contribution is -0.438. The van der Waals surface area contributed by atoms with Crippen LogP contribution in [-0.2, 0) is 13.3 Å². The molecule has 0 atom stereocenters. The molecule has 0 saturated heterocycles. The first kappa shape index (κ1) is 27.4. The van der Waals surface area contributed by atoms with Crippen LogP contribution in [0.15, 0.2) is 0 Å². The van der Waals surface area contributed by atoms with E-state index in [1.807, 2.05) is 0 Å². The molecular formula is C13H23F7O7Si. The molecule has 0 amide bonds. The third kappa shape index (κ3) is 5.13. The molecule has 0 unspecified atom stereocenters. The highest BCUT2D eigenvalue weighted by Crippen LogP contribution is 2.49. The fourth-order valence-corrected chi connectivity index (χ4v) is 4.31. The largest absolute Gasteiger partial charge is 0.568 e. The summed E-state index contributed by atoms with van der Waals surface area (Å²) in [7, 11) is -3.18. The van der Waals surface area contributed by atoms with E-state index in [2.05, 4.69) is 13.3 Å². The van der Waals surface area contributed by atoms with Crippen molar-refractivity contribution < 1.29 is 64.4 Å². The second-order valence-corrected chi connectivity index (χ2v) is 9.00. The molecule has 170 valence electrons. The van der Waals surface area contributed by atoms with Crippen LogP contribution in [0.3, 0.4) is 0 Å². The number of hydrogen-bond acceptors (Lipinski definition) is 7. The first-order chi connectivity index (χ1) is 12.4. The van der Waals surface area contributed by atoms with E-state index in [4.69, 9.17) is 0 Å². The topological polar surface area (TPSA) is 109 Å². The van der Waals surface area contributed by atoms with Gasteiger partial charge in [0.25, 0.3) is 11.2 Å². The van der Waals surface area contributed by atoms with Gasteiger partial charge in [0.15, 0.2) is 0 Å². The minimum atomic E-state index is -5.89. The Bertz CT molecular complexity index is 488. The number of hydrogen-bond donors (Lipinski definition) is 4. The van der Waals surface area contributed by atoms with Crippen LogP contribution in [0.1, 0.15) is 32.1 Å². The normalized spacial score (nSPS) is 15.2. The van der Waals surface area contributed by atoms with Crippen LogP contribution in [0.4, 0.5) is 30.7 Å². The summed E-state index contributed by atoms with van der Waals surface area (Å²) >= 11 is 0. The molecule has 0 aromatic carbocycles. The minimum absolute atomic E-state index is 0.509. The van der Waals surface area contributed by atoms with E-state index in [-0.39, 0.29) is 0 Å². The summed E-state index contributed by atoms with van der Waals surface area (Å²) in [4.78, 5) is 0. The lowest BCUT2D eigenvalue weighted by atomic mass is 9.96. The first-order valence-electron chi connectivity index (χ1n) is 7.76. The summed E-state index contributed by atoms with van der Waals surface area (Å²) in [6.07, 6.45) is -9.56. The van der Waals surface area contributed by atoms with Crippen molar-refractivity contribution in [1.82, 2.24) is 0 Å². The molecule has 0 fully saturated rings. The molecule has 0 aromatic heterocycles. The quantitative estimate of drug-likeness (QED) is 0.154. The number of halogens is 7. The molecule has 0 bridgehead atoms. The van der Waals surface area contributed by atoms with Gasteiger partial charge in [-0.05, 0) is 12.8 Å². The van der Waals surface area contributed by atoms with Crippen molar-refractivity contribution >= 4 is 8.80 Å². The van der Waals surface area contributed by atoms with E-state index in [0.29, 0.717) is 21.3 Å². The number of unbranched alkanes of at least 4 members (excludes halogenated alkanes) is 2. The highest BCUT2D eigenvalue weighted by Gasteiger charge is 2.82. The van der Waals surface area contributed by atoms with E-state index in [1.165, 1.54) is 0 Å². The fourth-order valence-electron chi connectivity index (χ4n) is 2.37. The van der Waals surface area contributed by atoms with Gasteiger partial charge in [0.2, 0.25) is 0 Å². The van der Waals surface area contributed by atoms with Gasteiger partial charge in [-0.1, -0.05) is 6.42 Å². The maximum absolute atomic E-state index is 14.2. The standard InChI is InChI=1S/C13H23F7O7Si/c1-25-28(26-2,27-3)13(23,24)12(21,22)11(19,20)9(14,15)7-5-4-6-8-10(16,17)18/h21-24H,4-8H2,1-3H3. The highest BCUT2D eigenvalue weighted by atomic mass is 28.4. The second kappa shape index (κ2) is 9.07. The monoisotopic (exact) mass is 452 g/mol. The summed E-state index contributed by atoms with van der Waals surface area (Å²) in [6, 6.07) is 0. The molecule has 7 nitrogen and oxygen atoms in total. The van der Waals surface area contributed by atoms with Crippen LogP contribution in [-0.4, -0.2) is 79.8 Å². The first-order valence-corrected chi connectivity index (χ1v) is 9.49. The fraction of sp³-hybridized carbons (Fsp3) is 1.00. The smallest absolute Gasteiger partial charge is 0.374 e. The van der Waals surface area contributed by atoms with Crippen molar-refractivity contribution in [2.45, 2.75) is 61.3 Å². The van der Waals surface area contributed by atoms with Gasteiger partial charge in [-0.2, -0.15) is 30.7 Å². The zero-order valence-corrected chi connectivity index (χ0v) is 16.2. The maximum Gasteiger partial charge on any atom is 0.568 e. The van der Waals surface area contributed by atoms with Crippen molar-refractivity contribution in [2.24, 2.45) is 0 Å². The van der Waals surface area contributed by atoms with Gasteiger partial charge in [0, 0.05) is 34.2 Å². The average Bonchev–Trinajstić information content (AvgIpc) is 2.54. The molecule has 0 radical (unpaired) electrons. The number of aliphatic hydroxyl groups is 4. The van der Waals surface area contributed by atoms with Gasteiger partial charge in [-0.25, -0.2) is 0 Å². The molecule has 0 spiro atoms. The van der Waals surface area contributed by atoms with Crippen LogP contribution in [0.2, 0.25) is 0 Å². The van der Waals surface area contributed by atoms with Gasteiger partial charge >= 0.3 is 26.8 Å². The van der Waals surface area contributed by atoms with Gasteiger partial charge in [0.1, 0.15) is 0 Å². The third-order valence-electron chi connectivity index (χ3n) is 4.07. The van der Waals surface area contributed by atoms with Crippen molar-refractivity contribution in [2.75, 3.05) is 21.3 Å². The second-order valence-electron chi connectivity index (χ2n) is 5.97. The molecule has 28 heavy (non-hydrogen) atoms. The minimum Gasteiger partial charge on any atom is -0.374 e. The lowest BCUT2D eigenvalue weighted by Gasteiger charge is -2.46. The Balaban J connectivity index is 5.50. The van der Waals surface area contributed by atoms with E-state index >= 15 is 0 Å². The van der Waals surface area contributed by atoms with Crippen molar-refractivity contribution in [3.63, 3.8) is 0 Å². The SMILES string of the molecule is CO[Si](OC)(OC)C(O)(O)C(O)(O)C(F)(F)C(F)(F)CCCCCC(F)(F)F. The molecule has 0 aliphatic carbocycles. The zero-order valence-electron chi connectivity index (χ0n) is 15.2. The molecule has 0 saturated carbocycles. The zero-order chi connectivity index (χ0) is 22.7. The van der Waals surface area contributed by atoms with Gasteiger partial charge in [0.05, 0.1) is 0 Å². The lowest BCUT2D eigenvalue weighted by Crippen LogP contribution is -2.80. The van der Waals surface area contributed by atoms with Gasteiger partial charge in [-0.3, -0.25) is 0 Å². The van der Waals surface area contributed by atoms with Crippen LogP contribution in [0.5, 0.6) is 0 Å². The van der Waals surface area contributed by atoms with Crippen LogP contribution in [0.25, 0.3) is 0 Å².